The molecule has 0 spiro atoms. The largest absolute Gasteiger partial charge is 0.472 e. The minimum absolute atomic E-state index is 0.0255. The topological polar surface area (TPSA) is 365 Å². The van der Waals surface area contributed by atoms with E-state index in [0.29, 0.717) is 12.2 Å². The van der Waals surface area contributed by atoms with Crippen LogP contribution in [-0.2, 0) is 74.2 Å². The van der Waals surface area contributed by atoms with Crippen LogP contribution in [0.2, 0.25) is 0 Å². The molecule has 1 amide bonds. The zero-order valence-corrected chi connectivity index (χ0v) is 31.9. The van der Waals surface area contributed by atoms with Crippen LogP contribution < -0.4 is 5.32 Å². The molecule has 1 unspecified atom stereocenters. The number of carbonyl (C=O) groups is 3. The molecular formula is C29H48ClN4O22P. The highest BCUT2D eigenvalue weighted by Gasteiger charge is 2.58. The molecular weight excluding hydrogens is 823 g/mol. The van der Waals surface area contributed by atoms with E-state index in [1.807, 2.05) is 0 Å². The van der Waals surface area contributed by atoms with Crippen molar-refractivity contribution >= 4 is 37.2 Å². The Morgan fingerprint density at radius 3 is 2.39 bits per heavy atom. The lowest BCUT2D eigenvalue weighted by atomic mass is 9.99. The van der Waals surface area contributed by atoms with Crippen molar-refractivity contribution in [1.29, 1.82) is 0 Å². The fourth-order valence-electron chi connectivity index (χ4n) is 5.10. The van der Waals surface area contributed by atoms with Gasteiger partial charge in [-0.15, -0.1) is 5.10 Å². The number of phosphoric ester groups is 1. The molecule has 0 radical (unpaired) electrons. The summed E-state index contributed by atoms with van der Waals surface area (Å²) in [4.78, 5) is 42.8. The van der Waals surface area contributed by atoms with Gasteiger partial charge in [0, 0.05) is 24.6 Å². The first-order chi connectivity index (χ1) is 27.1. The fraction of sp³-hybridized carbons (Fsp3) is 0.828. The highest BCUT2D eigenvalue weighted by atomic mass is 35.5. The van der Waals surface area contributed by atoms with Gasteiger partial charge >= 0.3 is 13.3 Å². The van der Waals surface area contributed by atoms with Crippen LogP contribution >= 0.6 is 19.4 Å². The molecule has 2 fully saturated rings. The lowest BCUT2D eigenvalue weighted by Gasteiger charge is -2.43. The van der Waals surface area contributed by atoms with Crippen LogP contribution in [0.25, 0.3) is 0 Å². The third kappa shape index (κ3) is 15.8. The van der Waals surface area contributed by atoms with Crippen molar-refractivity contribution < 1.29 is 107 Å². The standard InChI is InChI=1S/C29H48ClN4O22P/c30-28(44)53-18(12-50-16-37)13-52-57(45,46)51-5-2-31-21(38)1-4-47-7-8-48-6-3-34-9-17(32-33-34)11-49-14-20-22(39)24(41)25(42)27(54-20)56-29(15-36)26(43)23(40)19(10-35)55-29/h9,16,18-20,22-27,35-36,39-43H,1-8,10-15H2,(H,31,38)(H,45,46)/t18-,19-,20-,22-,23-,24+,25-,26+,27-,29+/m1/s1. The van der Waals surface area contributed by atoms with Crippen molar-refractivity contribution in [3.63, 3.8) is 0 Å². The average Bonchev–Trinajstić information content (AvgIpc) is 3.73. The second-order valence-corrected chi connectivity index (χ2v) is 14.0. The molecule has 1 aromatic heterocycles. The maximum absolute atomic E-state index is 12.0. The van der Waals surface area contributed by atoms with Crippen molar-refractivity contribution in [3.05, 3.63) is 11.9 Å². The molecule has 0 aromatic carbocycles. The van der Waals surface area contributed by atoms with Crippen LogP contribution in [0, 0.1) is 0 Å². The number of nitrogens with one attached hydrogen (secondary N) is 1. The molecule has 328 valence electrons. The first-order valence-corrected chi connectivity index (χ1v) is 19.1. The summed E-state index contributed by atoms with van der Waals surface area (Å²) in [5.74, 6) is -2.74. The number of nitrogens with zero attached hydrogens (tertiary/aromatic N) is 3. The van der Waals surface area contributed by atoms with Gasteiger partial charge < -0.3 is 83.9 Å². The second kappa shape index (κ2) is 24.5. The number of hydrogen-bond acceptors (Lipinski definition) is 23. The highest BCUT2D eigenvalue weighted by Crippen LogP contribution is 2.43. The summed E-state index contributed by atoms with van der Waals surface area (Å²) in [6, 6.07) is 0. The number of aliphatic hydroxyl groups excluding tert-OH is 7. The van der Waals surface area contributed by atoms with Crippen molar-refractivity contribution in [2.24, 2.45) is 0 Å². The van der Waals surface area contributed by atoms with E-state index in [1.54, 1.807) is 6.20 Å². The first kappa shape index (κ1) is 48.8. The van der Waals surface area contributed by atoms with Gasteiger partial charge in [-0.25, -0.2) is 14.0 Å². The van der Waals surface area contributed by atoms with E-state index in [1.165, 1.54) is 4.68 Å². The number of amides is 1. The maximum atomic E-state index is 12.0. The number of rotatable bonds is 28. The van der Waals surface area contributed by atoms with Crippen molar-refractivity contribution in [2.75, 3.05) is 72.6 Å². The Kier molecular flexibility index (Phi) is 21.0. The molecule has 2 aliphatic heterocycles. The Labute approximate surface area is 328 Å². The summed E-state index contributed by atoms with van der Waals surface area (Å²) in [7, 11) is -4.60. The van der Waals surface area contributed by atoms with Crippen LogP contribution in [0.1, 0.15) is 12.1 Å². The number of aliphatic hydroxyl groups is 7. The zero-order chi connectivity index (χ0) is 42.0. The molecule has 2 aliphatic rings. The van der Waals surface area contributed by atoms with Gasteiger partial charge in [-0.2, -0.15) is 0 Å². The number of aromatic nitrogens is 3. The van der Waals surface area contributed by atoms with Crippen LogP contribution in [0.15, 0.2) is 6.20 Å². The minimum Gasteiger partial charge on any atom is -0.464 e. The molecule has 26 nitrogen and oxygen atoms in total. The van der Waals surface area contributed by atoms with Crippen molar-refractivity contribution in [3.8, 4) is 0 Å². The average molecular weight is 871 g/mol. The molecule has 2 saturated heterocycles. The molecule has 57 heavy (non-hydrogen) atoms. The number of halogens is 1. The summed E-state index contributed by atoms with van der Waals surface area (Å²) in [6.45, 7) is -2.85. The molecule has 28 heteroatoms. The van der Waals surface area contributed by atoms with Gasteiger partial charge in [0.15, 0.2) is 12.4 Å². The van der Waals surface area contributed by atoms with E-state index in [9.17, 15) is 59.6 Å². The quantitative estimate of drug-likeness (QED) is 0.0165. The normalized spacial score (nSPS) is 29.1. The SMILES string of the molecule is O=COC[C@H](COP(=O)(O)OCCNC(=O)CCOCCOCCn1cc(COC[C@H]2O[C@H](O[C@]3(CO)O[C@H](CO)[C@@H](O)[C@@H]3O)[C@H](O)[C@@H](O)[C@@H]2O)nn1)OC(=O)Cl. The molecule has 0 saturated carbocycles. The Morgan fingerprint density at radius 1 is 0.982 bits per heavy atom. The molecule has 9 N–H and O–H groups in total. The van der Waals surface area contributed by atoms with Crippen molar-refractivity contribution in [1.82, 2.24) is 20.3 Å². The van der Waals surface area contributed by atoms with Crippen LogP contribution in [0.3, 0.4) is 0 Å². The lowest BCUT2D eigenvalue weighted by molar-refractivity contribution is -0.384. The molecule has 1 aromatic rings. The maximum Gasteiger partial charge on any atom is 0.472 e. The number of phosphoric acid groups is 1. The number of ether oxygens (including phenoxy) is 8. The van der Waals surface area contributed by atoms with Gasteiger partial charge in [0.05, 0.1) is 72.2 Å². The van der Waals surface area contributed by atoms with Gasteiger partial charge in [-0.1, -0.05) is 5.21 Å². The molecule has 3 heterocycles. The van der Waals surface area contributed by atoms with Gasteiger partial charge in [0.25, 0.3) is 6.47 Å². The van der Waals surface area contributed by atoms with Crippen molar-refractivity contribution in [2.45, 2.75) is 80.5 Å². The predicted molar refractivity (Wildman–Crippen MR) is 180 cm³/mol. The van der Waals surface area contributed by atoms with Crippen LogP contribution in [0.5, 0.6) is 0 Å². The summed E-state index contributed by atoms with van der Waals surface area (Å²) < 4.78 is 64.5. The monoisotopic (exact) mass is 870 g/mol. The minimum atomic E-state index is -4.60. The summed E-state index contributed by atoms with van der Waals surface area (Å²) in [5.41, 5.74) is -0.866. The Balaban J connectivity index is 1.24. The molecule has 0 aliphatic carbocycles. The number of carbonyl (C=O) groups excluding carboxylic acids is 3. The van der Waals surface area contributed by atoms with E-state index in [4.69, 9.17) is 44.5 Å². The van der Waals surface area contributed by atoms with E-state index in [-0.39, 0.29) is 59.1 Å². The fourth-order valence-corrected chi connectivity index (χ4v) is 5.98. The Bertz CT molecular complexity index is 1420. The summed E-state index contributed by atoms with van der Waals surface area (Å²) >= 11 is 5.07. The van der Waals surface area contributed by atoms with E-state index < -0.39 is 113 Å². The first-order valence-electron chi connectivity index (χ1n) is 17.2. The Morgan fingerprint density at radius 2 is 1.72 bits per heavy atom. The van der Waals surface area contributed by atoms with Gasteiger partial charge in [0.1, 0.15) is 61.6 Å². The third-order valence-corrected chi connectivity index (χ3v) is 9.10. The van der Waals surface area contributed by atoms with Crippen LogP contribution in [-0.4, -0.2) is 207 Å². The highest BCUT2D eigenvalue weighted by molar-refractivity contribution is 7.47. The second-order valence-electron chi connectivity index (χ2n) is 12.2. The van der Waals surface area contributed by atoms with E-state index in [0.717, 1.165) is 0 Å². The van der Waals surface area contributed by atoms with Gasteiger partial charge in [0.2, 0.25) is 11.7 Å². The van der Waals surface area contributed by atoms with Gasteiger partial charge in [-0.3, -0.25) is 18.6 Å². The molecule has 0 bridgehead atoms. The van der Waals surface area contributed by atoms with E-state index >= 15 is 0 Å². The molecule has 11 atom stereocenters. The van der Waals surface area contributed by atoms with Crippen LogP contribution in [0.4, 0.5) is 4.79 Å². The van der Waals surface area contributed by atoms with Gasteiger partial charge in [-0.05, 0) is 0 Å². The van der Waals surface area contributed by atoms with E-state index in [2.05, 4.69) is 29.6 Å². The number of hydrogen-bond donors (Lipinski definition) is 9. The Hall–Kier alpha value is -2.57. The lowest BCUT2D eigenvalue weighted by Crippen LogP contribution is -2.62. The summed E-state index contributed by atoms with van der Waals surface area (Å²) in [6.07, 6.45) is -12.9. The predicted octanol–water partition coefficient (Wildman–Crippen LogP) is -4.99. The molecule has 3 rings (SSSR count). The summed E-state index contributed by atoms with van der Waals surface area (Å²) in [5, 5.41) is 81.3. The zero-order valence-electron chi connectivity index (χ0n) is 30.2. The smallest absolute Gasteiger partial charge is 0.464 e. The third-order valence-electron chi connectivity index (χ3n) is 8.03.